The minimum atomic E-state index is -0.783. The van der Waals surface area contributed by atoms with E-state index in [9.17, 15) is 14.0 Å². The van der Waals surface area contributed by atoms with E-state index in [1.165, 1.54) is 12.1 Å². The molecule has 0 spiro atoms. The molecule has 0 heterocycles. The van der Waals surface area contributed by atoms with E-state index >= 15 is 0 Å². The first-order valence-electron chi connectivity index (χ1n) is 11.0. The summed E-state index contributed by atoms with van der Waals surface area (Å²) in [5.74, 6) is -0.721. The van der Waals surface area contributed by atoms with E-state index < -0.39 is 6.04 Å². The van der Waals surface area contributed by atoms with Gasteiger partial charge in [-0.2, -0.15) is 0 Å². The Kier molecular flexibility index (Phi) is 8.55. The molecule has 5 heteroatoms. The molecule has 3 aromatic carbocycles. The van der Waals surface area contributed by atoms with Crippen LogP contribution in [0.5, 0.6) is 0 Å². The van der Waals surface area contributed by atoms with Crippen LogP contribution in [0.2, 0.25) is 0 Å². The number of carbonyl (C=O) groups is 2. The van der Waals surface area contributed by atoms with Crippen molar-refractivity contribution in [2.24, 2.45) is 0 Å². The Morgan fingerprint density at radius 2 is 1.50 bits per heavy atom. The normalized spacial score (nSPS) is 11.6. The molecule has 0 saturated heterocycles. The van der Waals surface area contributed by atoms with Gasteiger partial charge in [-0.1, -0.05) is 86.1 Å². The van der Waals surface area contributed by atoms with Crippen molar-refractivity contribution in [2.75, 3.05) is 6.54 Å². The van der Waals surface area contributed by atoms with Gasteiger partial charge in [0.25, 0.3) is 0 Å². The summed E-state index contributed by atoms with van der Waals surface area (Å²) in [5.41, 5.74) is 2.37. The Morgan fingerprint density at radius 3 is 2.12 bits per heavy atom. The van der Waals surface area contributed by atoms with Crippen molar-refractivity contribution >= 4 is 11.8 Å². The number of hydrogen-bond acceptors (Lipinski definition) is 2. The van der Waals surface area contributed by atoms with Crippen LogP contribution in [-0.2, 0) is 22.6 Å². The Hall–Kier alpha value is -3.47. The van der Waals surface area contributed by atoms with Gasteiger partial charge in [0.15, 0.2) is 0 Å². The third-order valence-electron chi connectivity index (χ3n) is 5.29. The lowest BCUT2D eigenvalue weighted by molar-refractivity contribution is -0.141. The molecule has 0 aliphatic heterocycles. The molecule has 0 fully saturated rings. The minimum Gasteiger partial charge on any atom is -0.354 e. The molecule has 0 unspecified atom stereocenters. The summed E-state index contributed by atoms with van der Waals surface area (Å²) in [7, 11) is 0. The number of rotatable bonds is 10. The maximum atomic E-state index is 13.5. The second-order valence-corrected chi connectivity index (χ2v) is 7.77. The van der Waals surface area contributed by atoms with Crippen LogP contribution in [0.1, 0.15) is 42.5 Å². The number of benzene rings is 3. The van der Waals surface area contributed by atoms with Crippen LogP contribution in [0, 0.1) is 5.82 Å². The summed E-state index contributed by atoms with van der Waals surface area (Å²) in [6.45, 7) is 2.81. The Morgan fingerprint density at radius 1 is 0.875 bits per heavy atom. The van der Waals surface area contributed by atoms with Gasteiger partial charge >= 0.3 is 0 Å². The van der Waals surface area contributed by atoms with Gasteiger partial charge in [-0.25, -0.2) is 4.39 Å². The molecule has 2 amide bonds. The van der Waals surface area contributed by atoms with Crippen molar-refractivity contribution < 1.29 is 14.0 Å². The molecule has 0 aliphatic rings. The van der Waals surface area contributed by atoms with E-state index in [1.54, 1.807) is 17.0 Å². The summed E-state index contributed by atoms with van der Waals surface area (Å²) >= 11 is 0. The number of nitrogens with one attached hydrogen (secondary N) is 1. The van der Waals surface area contributed by atoms with Crippen molar-refractivity contribution in [1.29, 1.82) is 0 Å². The molecule has 0 bridgehead atoms. The van der Waals surface area contributed by atoms with Gasteiger partial charge in [0.1, 0.15) is 11.9 Å². The lowest BCUT2D eigenvalue weighted by atomic mass is 10.0. The molecule has 0 aliphatic carbocycles. The highest BCUT2D eigenvalue weighted by Gasteiger charge is 2.31. The van der Waals surface area contributed by atoms with Gasteiger partial charge in [0.2, 0.25) is 11.8 Å². The molecule has 32 heavy (non-hydrogen) atoms. The molecule has 1 N–H and O–H groups in total. The van der Waals surface area contributed by atoms with Crippen molar-refractivity contribution in [2.45, 2.75) is 38.8 Å². The molecule has 0 saturated carbocycles. The number of nitrogens with zero attached hydrogens (tertiary/aromatic N) is 1. The maximum Gasteiger partial charge on any atom is 0.247 e. The molecule has 3 aromatic rings. The second-order valence-electron chi connectivity index (χ2n) is 7.77. The van der Waals surface area contributed by atoms with Gasteiger partial charge in [-0.15, -0.1) is 0 Å². The van der Waals surface area contributed by atoms with Crippen LogP contribution >= 0.6 is 0 Å². The number of amides is 2. The fourth-order valence-electron chi connectivity index (χ4n) is 3.58. The van der Waals surface area contributed by atoms with Gasteiger partial charge in [0, 0.05) is 13.1 Å². The molecular weight excluding hydrogens is 403 g/mol. The smallest absolute Gasteiger partial charge is 0.247 e. The zero-order valence-corrected chi connectivity index (χ0v) is 18.3. The molecule has 3 rings (SSSR count). The van der Waals surface area contributed by atoms with Gasteiger partial charge in [0.05, 0.1) is 6.42 Å². The van der Waals surface area contributed by atoms with Crippen LogP contribution in [-0.4, -0.2) is 23.3 Å². The summed E-state index contributed by atoms with van der Waals surface area (Å²) in [5, 5.41) is 2.98. The zero-order chi connectivity index (χ0) is 22.8. The van der Waals surface area contributed by atoms with E-state index in [0.717, 1.165) is 29.5 Å². The van der Waals surface area contributed by atoms with Gasteiger partial charge < -0.3 is 10.2 Å². The first kappa shape index (κ1) is 23.2. The average molecular weight is 433 g/mol. The monoisotopic (exact) mass is 432 g/mol. The molecule has 0 aromatic heterocycles. The number of hydrogen-bond donors (Lipinski definition) is 1. The van der Waals surface area contributed by atoms with Gasteiger partial charge in [-0.05, 0) is 35.2 Å². The van der Waals surface area contributed by atoms with Gasteiger partial charge in [-0.3, -0.25) is 9.59 Å². The SMILES string of the molecule is CCCCNC(=O)[C@@H](c1ccccc1)N(Cc1ccc(F)cc1)C(=O)Cc1ccccc1. The number of unbranched alkanes of at least 4 members (excludes halogenated alkanes) is 1. The van der Waals surface area contributed by atoms with Crippen LogP contribution in [0.3, 0.4) is 0 Å². The van der Waals surface area contributed by atoms with E-state index in [1.807, 2.05) is 60.7 Å². The fourth-order valence-corrected chi connectivity index (χ4v) is 3.58. The largest absolute Gasteiger partial charge is 0.354 e. The standard InChI is InChI=1S/C27H29FN2O2/c1-2-3-18-29-27(32)26(23-12-8-5-9-13-23)30(20-22-14-16-24(28)17-15-22)25(31)19-21-10-6-4-7-11-21/h4-17,26H,2-3,18-20H2,1H3,(H,29,32)/t26-/m1/s1. The highest BCUT2D eigenvalue weighted by Crippen LogP contribution is 2.25. The lowest BCUT2D eigenvalue weighted by Crippen LogP contribution is -2.44. The highest BCUT2D eigenvalue weighted by atomic mass is 19.1. The predicted molar refractivity (Wildman–Crippen MR) is 124 cm³/mol. The number of carbonyl (C=O) groups excluding carboxylic acids is 2. The number of halogens is 1. The third kappa shape index (κ3) is 6.51. The van der Waals surface area contributed by atoms with E-state index in [4.69, 9.17) is 0 Å². The minimum absolute atomic E-state index is 0.167. The molecule has 0 radical (unpaired) electrons. The molecule has 1 atom stereocenters. The molecule has 166 valence electrons. The van der Waals surface area contributed by atoms with Crippen molar-refractivity contribution in [3.8, 4) is 0 Å². The first-order chi connectivity index (χ1) is 15.6. The summed E-state index contributed by atoms with van der Waals surface area (Å²) in [6, 6.07) is 24.0. The molecule has 4 nitrogen and oxygen atoms in total. The highest BCUT2D eigenvalue weighted by molar-refractivity contribution is 5.89. The lowest BCUT2D eigenvalue weighted by Gasteiger charge is -2.32. The summed E-state index contributed by atoms with van der Waals surface area (Å²) in [6.07, 6.45) is 2.00. The second kappa shape index (κ2) is 11.8. The van der Waals surface area contributed by atoms with E-state index in [-0.39, 0.29) is 30.6 Å². The maximum absolute atomic E-state index is 13.5. The molecular formula is C27H29FN2O2. The topological polar surface area (TPSA) is 49.4 Å². The predicted octanol–water partition coefficient (Wildman–Crippen LogP) is 5.05. The van der Waals surface area contributed by atoms with E-state index in [2.05, 4.69) is 12.2 Å². The average Bonchev–Trinajstić information content (AvgIpc) is 2.81. The van der Waals surface area contributed by atoms with Crippen LogP contribution in [0.4, 0.5) is 4.39 Å². The van der Waals surface area contributed by atoms with Crippen molar-refractivity contribution in [1.82, 2.24) is 10.2 Å². The Labute approximate surface area is 189 Å². The summed E-state index contributed by atoms with van der Waals surface area (Å²) < 4.78 is 13.5. The fraction of sp³-hybridized carbons (Fsp3) is 0.259. The third-order valence-corrected chi connectivity index (χ3v) is 5.29. The van der Waals surface area contributed by atoms with Crippen molar-refractivity contribution in [3.05, 3.63) is 107 Å². The quantitative estimate of drug-likeness (QED) is 0.456. The van der Waals surface area contributed by atoms with Crippen LogP contribution in [0.15, 0.2) is 84.9 Å². The zero-order valence-electron chi connectivity index (χ0n) is 18.3. The Balaban J connectivity index is 1.96. The summed E-state index contributed by atoms with van der Waals surface area (Å²) in [4.78, 5) is 28.4. The Bertz CT molecular complexity index is 991. The van der Waals surface area contributed by atoms with Crippen LogP contribution < -0.4 is 5.32 Å². The van der Waals surface area contributed by atoms with E-state index in [0.29, 0.717) is 6.54 Å². The van der Waals surface area contributed by atoms with Crippen LogP contribution in [0.25, 0.3) is 0 Å². The van der Waals surface area contributed by atoms with Crippen molar-refractivity contribution in [3.63, 3.8) is 0 Å². The first-order valence-corrected chi connectivity index (χ1v) is 11.0.